The first-order valence-corrected chi connectivity index (χ1v) is 7.95. The number of aromatic nitrogens is 3. The van der Waals surface area contributed by atoms with Gasteiger partial charge in [-0.05, 0) is 31.5 Å². The highest BCUT2D eigenvalue weighted by atomic mass is 16.2. The molecule has 7 heteroatoms. The van der Waals surface area contributed by atoms with Crippen LogP contribution in [0.3, 0.4) is 0 Å². The van der Waals surface area contributed by atoms with Crippen LogP contribution in [0, 0.1) is 0 Å². The Kier molecular flexibility index (Phi) is 4.57. The van der Waals surface area contributed by atoms with Gasteiger partial charge < -0.3 is 10.6 Å². The molecule has 2 heterocycles. The third-order valence-corrected chi connectivity index (χ3v) is 4.15. The Morgan fingerprint density at radius 1 is 1.35 bits per heavy atom. The molecule has 7 nitrogen and oxygen atoms in total. The Labute approximate surface area is 135 Å². The summed E-state index contributed by atoms with van der Waals surface area (Å²) in [5, 5.41) is 14.3. The van der Waals surface area contributed by atoms with E-state index in [2.05, 4.69) is 46.9 Å². The second-order valence-corrected chi connectivity index (χ2v) is 5.62. The molecule has 0 spiro atoms. The first kappa shape index (κ1) is 15.5. The zero-order valence-electron chi connectivity index (χ0n) is 13.5. The number of carbonyl (C=O) groups excluding carboxylic acids is 1. The van der Waals surface area contributed by atoms with Gasteiger partial charge in [-0.15, -0.1) is 5.10 Å². The molecule has 0 bridgehead atoms. The molecule has 2 amide bonds. The van der Waals surface area contributed by atoms with E-state index < -0.39 is 0 Å². The molecule has 0 aliphatic carbocycles. The maximum absolute atomic E-state index is 11.7. The molecule has 1 atom stereocenters. The second-order valence-electron chi connectivity index (χ2n) is 5.62. The summed E-state index contributed by atoms with van der Waals surface area (Å²) in [6.45, 7) is 7.14. The molecule has 1 fully saturated rings. The lowest BCUT2D eigenvalue weighted by Gasteiger charge is -2.17. The fourth-order valence-corrected chi connectivity index (χ4v) is 2.72. The van der Waals surface area contributed by atoms with Gasteiger partial charge in [0.25, 0.3) is 0 Å². The monoisotopic (exact) mass is 314 g/mol. The van der Waals surface area contributed by atoms with Crippen LogP contribution in [-0.2, 0) is 13.1 Å². The van der Waals surface area contributed by atoms with Gasteiger partial charge >= 0.3 is 6.03 Å². The van der Waals surface area contributed by atoms with Crippen LogP contribution in [0.5, 0.6) is 0 Å². The Balaban J connectivity index is 1.61. The van der Waals surface area contributed by atoms with Gasteiger partial charge in [-0.2, -0.15) is 0 Å². The standard InChI is InChI=1S/C16H22N6O/c1-3-22-15(11-19-20-22)10-18-12(2)13-4-6-14(7-5-13)21-9-8-17-16(21)23/h4-7,11-12,18H,3,8-10H2,1-2H3,(H,17,23). The van der Waals surface area contributed by atoms with E-state index in [1.165, 1.54) is 5.56 Å². The number of urea groups is 1. The van der Waals surface area contributed by atoms with Crippen LogP contribution >= 0.6 is 0 Å². The summed E-state index contributed by atoms with van der Waals surface area (Å²) in [4.78, 5) is 13.4. The molecule has 1 aromatic heterocycles. The Morgan fingerprint density at radius 3 is 2.78 bits per heavy atom. The van der Waals surface area contributed by atoms with Gasteiger partial charge in [-0.3, -0.25) is 4.90 Å². The first-order valence-electron chi connectivity index (χ1n) is 7.95. The molecule has 1 aliphatic rings. The van der Waals surface area contributed by atoms with Gasteiger partial charge in [-0.25, -0.2) is 9.48 Å². The summed E-state index contributed by atoms with van der Waals surface area (Å²) < 4.78 is 1.88. The number of anilines is 1. The molecule has 0 radical (unpaired) electrons. The van der Waals surface area contributed by atoms with Crippen molar-refractivity contribution in [1.29, 1.82) is 0 Å². The maximum atomic E-state index is 11.7. The fraction of sp³-hybridized carbons (Fsp3) is 0.438. The summed E-state index contributed by atoms with van der Waals surface area (Å²) in [5.41, 5.74) is 3.19. The number of carbonyl (C=O) groups is 1. The van der Waals surface area contributed by atoms with E-state index in [-0.39, 0.29) is 12.1 Å². The van der Waals surface area contributed by atoms with Crippen LogP contribution in [0.15, 0.2) is 30.5 Å². The van der Waals surface area contributed by atoms with Crippen molar-refractivity contribution in [2.45, 2.75) is 33.0 Å². The minimum absolute atomic E-state index is 0.0238. The molecule has 1 aliphatic heterocycles. The zero-order chi connectivity index (χ0) is 16.2. The van der Waals surface area contributed by atoms with Gasteiger partial charge in [0, 0.05) is 37.9 Å². The van der Waals surface area contributed by atoms with E-state index in [1.807, 2.05) is 16.8 Å². The molecule has 122 valence electrons. The number of benzene rings is 1. The number of aryl methyl sites for hydroxylation is 1. The Bertz CT molecular complexity index is 665. The molecular formula is C16H22N6O. The molecular weight excluding hydrogens is 292 g/mol. The predicted octanol–water partition coefficient (Wildman–Crippen LogP) is 1.68. The SMILES string of the molecule is CCn1nncc1CNC(C)c1ccc(N2CCNC2=O)cc1. The summed E-state index contributed by atoms with van der Waals surface area (Å²) in [7, 11) is 0. The first-order chi connectivity index (χ1) is 11.2. The highest BCUT2D eigenvalue weighted by Crippen LogP contribution is 2.20. The maximum Gasteiger partial charge on any atom is 0.321 e. The quantitative estimate of drug-likeness (QED) is 0.850. The smallest absolute Gasteiger partial charge is 0.321 e. The molecule has 2 aromatic rings. The Morgan fingerprint density at radius 2 is 2.13 bits per heavy atom. The van der Waals surface area contributed by atoms with Gasteiger partial charge in [0.15, 0.2) is 0 Å². The van der Waals surface area contributed by atoms with Crippen molar-refractivity contribution in [2.75, 3.05) is 18.0 Å². The van der Waals surface area contributed by atoms with E-state index in [0.717, 1.165) is 31.0 Å². The molecule has 1 saturated heterocycles. The van der Waals surface area contributed by atoms with Gasteiger partial charge in [0.05, 0.1) is 11.9 Å². The molecule has 0 saturated carbocycles. The molecule has 1 aromatic carbocycles. The van der Waals surface area contributed by atoms with Crippen molar-refractivity contribution in [3.05, 3.63) is 41.7 Å². The van der Waals surface area contributed by atoms with Crippen LogP contribution in [0.25, 0.3) is 0 Å². The zero-order valence-corrected chi connectivity index (χ0v) is 13.5. The van der Waals surface area contributed by atoms with E-state index in [0.29, 0.717) is 6.54 Å². The number of rotatable bonds is 6. The highest BCUT2D eigenvalue weighted by Gasteiger charge is 2.21. The van der Waals surface area contributed by atoms with Crippen molar-refractivity contribution in [3.63, 3.8) is 0 Å². The molecule has 3 rings (SSSR count). The van der Waals surface area contributed by atoms with E-state index >= 15 is 0 Å². The normalized spacial score (nSPS) is 15.7. The van der Waals surface area contributed by atoms with Crippen molar-refractivity contribution < 1.29 is 4.79 Å². The van der Waals surface area contributed by atoms with Gasteiger partial charge in [0.1, 0.15) is 0 Å². The number of amides is 2. The van der Waals surface area contributed by atoms with Crippen molar-refractivity contribution in [2.24, 2.45) is 0 Å². The highest BCUT2D eigenvalue weighted by molar-refractivity contribution is 5.93. The van der Waals surface area contributed by atoms with E-state index in [9.17, 15) is 4.79 Å². The summed E-state index contributed by atoms with van der Waals surface area (Å²) in [5.74, 6) is 0. The van der Waals surface area contributed by atoms with Crippen LogP contribution in [0.2, 0.25) is 0 Å². The number of hydrogen-bond donors (Lipinski definition) is 2. The van der Waals surface area contributed by atoms with Crippen molar-refractivity contribution in [1.82, 2.24) is 25.6 Å². The number of nitrogens with zero attached hydrogens (tertiary/aromatic N) is 4. The predicted molar refractivity (Wildman–Crippen MR) is 88.1 cm³/mol. The summed E-state index contributed by atoms with van der Waals surface area (Å²) >= 11 is 0. The average Bonchev–Trinajstić information content (AvgIpc) is 3.21. The topological polar surface area (TPSA) is 75.1 Å². The fourth-order valence-electron chi connectivity index (χ4n) is 2.72. The minimum atomic E-state index is -0.0238. The van der Waals surface area contributed by atoms with Gasteiger partial charge in [0.2, 0.25) is 0 Å². The third-order valence-electron chi connectivity index (χ3n) is 4.15. The number of hydrogen-bond acceptors (Lipinski definition) is 4. The lowest BCUT2D eigenvalue weighted by molar-refractivity contribution is 0.252. The largest absolute Gasteiger partial charge is 0.336 e. The molecule has 2 N–H and O–H groups in total. The summed E-state index contributed by atoms with van der Waals surface area (Å²) in [6, 6.07) is 8.30. The van der Waals surface area contributed by atoms with Crippen LogP contribution in [0.1, 0.15) is 31.1 Å². The van der Waals surface area contributed by atoms with Crippen molar-refractivity contribution in [3.8, 4) is 0 Å². The van der Waals surface area contributed by atoms with Crippen molar-refractivity contribution >= 4 is 11.7 Å². The van der Waals surface area contributed by atoms with Crippen LogP contribution < -0.4 is 15.5 Å². The van der Waals surface area contributed by atoms with E-state index in [1.54, 1.807) is 11.1 Å². The molecule has 1 unspecified atom stereocenters. The number of nitrogens with one attached hydrogen (secondary N) is 2. The van der Waals surface area contributed by atoms with E-state index in [4.69, 9.17) is 0 Å². The summed E-state index contributed by atoms with van der Waals surface area (Å²) in [6.07, 6.45) is 1.79. The Hall–Kier alpha value is -2.41. The second kappa shape index (κ2) is 6.78. The lowest BCUT2D eigenvalue weighted by Crippen LogP contribution is -2.27. The molecule has 23 heavy (non-hydrogen) atoms. The average molecular weight is 314 g/mol. The lowest BCUT2D eigenvalue weighted by atomic mass is 10.1. The van der Waals surface area contributed by atoms with Crippen LogP contribution in [-0.4, -0.2) is 34.1 Å². The minimum Gasteiger partial charge on any atom is -0.336 e. The third kappa shape index (κ3) is 3.34. The van der Waals surface area contributed by atoms with Gasteiger partial charge in [-0.1, -0.05) is 17.3 Å². The van der Waals surface area contributed by atoms with Crippen LogP contribution in [0.4, 0.5) is 10.5 Å².